The van der Waals surface area contributed by atoms with Crippen molar-refractivity contribution in [2.24, 2.45) is 5.92 Å². The molecule has 1 heteroatoms. The van der Waals surface area contributed by atoms with Crippen molar-refractivity contribution in [2.45, 2.75) is 64.8 Å². The van der Waals surface area contributed by atoms with Crippen molar-refractivity contribution in [2.75, 3.05) is 6.54 Å². The Morgan fingerprint density at radius 2 is 2.00 bits per heavy atom. The highest BCUT2D eigenvalue weighted by molar-refractivity contribution is 5.32. The van der Waals surface area contributed by atoms with Gasteiger partial charge in [0.25, 0.3) is 0 Å². The Hall–Kier alpha value is -0.820. The molecule has 0 saturated heterocycles. The summed E-state index contributed by atoms with van der Waals surface area (Å²) in [7, 11) is 0. The predicted octanol–water partition coefficient (Wildman–Crippen LogP) is 4.52. The molecule has 1 aromatic carbocycles. The standard InChI is InChI=1S/C18H29N/c1-14(2)19-13-15(3)11-12-17-9-6-8-16-7-4-5-10-18(16)17/h4-5,7,10,14-15,17,19H,6,8-9,11-13H2,1-3H3. The van der Waals surface area contributed by atoms with E-state index in [1.54, 1.807) is 11.1 Å². The fourth-order valence-electron chi connectivity index (χ4n) is 3.18. The summed E-state index contributed by atoms with van der Waals surface area (Å²) < 4.78 is 0. The van der Waals surface area contributed by atoms with Gasteiger partial charge in [-0.05, 0) is 61.6 Å². The molecule has 0 amide bonds. The maximum atomic E-state index is 3.55. The molecule has 0 radical (unpaired) electrons. The molecule has 1 nitrogen and oxygen atoms in total. The molecule has 0 heterocycles. The van der Waals surface area contributed by atoms with Gasteiger partial charge < -0.3 is 5.32 Å². The van der Waals surface area contributed by atoms with Crippen molar-refractivity contribution in [1.82, 2.24) is 5.32 Å². The van der Waals surface area contributed by atoms with Gasteiger partial charge in [-0.2, -0.15) is 0 Å². The third-order valence-corrected chi connectivity index (χ3v) is 4.38. The summed E-state index contributed by atoms with van der Waals surface area (Å²) in [5.41, 5.74) is 3.24. The topological polar surface area (TPSA) is 12.0 Å². The summed E-state index contributed by atoms with van der Waals surface area (Å²) in [6.45, 7) is 7.99. The Morgan fingerprint density at radius 3 is 2.79 bits per heavy atom. The smallest absolute Gasteiger partial charge is 0.00104 e. The first kappa shape index (κ1) is 14.6. The Kier molecular flexibility index (Phi) is 5.45. The molecule has 19 heavy (non-hydrogen) atoms. The van der Waals surface area contributed by atoms with E-state index in [4.69, 9.17) is 0 Å². The fraction of sp³-hybridized carbons (Fsp3) is 0.667. The highest BCUT2D eigenvalue weighted by Crippen LogP contribution is 2.35. The lowest BCUT2D eigenvalue weighted by Crippen LogP contribution is -2.28. The number of fused-ring (bicyclic) bond motifs is 1. The second-order valence-corrected chi connectivity index (χ2v) is 6.53. The molecule has 0 saturated carbocycles. The fourth-order valence-corrected chi connectivity index (χ4v) is 3.18. The molecular weight excluding hydrogens is 230 g/mol. The monoisotopic (exact) mass is 259 g/mol. The molecule has 1 aromatic rings. The minimum absolute atomic E-state index is 0.609. The first-order chi connectivity index (χ1) is 9.16. The third-order valence-electron chi connectivity index (χ3n) is 4.38. The van der Waals surface area contributed by atoms with Crippen molar-refractivity contribution in [3.8, 4) is 0 Å². The Labute approximate surface area is 118 Å². The van der Waals surface area contributed by atoms with Gasteiger partial charge in [0.15, 0.2) is 0 Å². The van der Waals surface area contributed by atoms with E-state index in [0.717, 1.165) is 18.4 Å². The molecule has 106 valence electrons. The van der Waals surface area contributed by atoms with Crippen LogP contribution in [0.25, 0.3) is 0 Å². The summed E-state index contributed by atoms with van der Waals surface area (Å²) in [5, 5.41) is 3.55. The van der Waals surface area contributed by atoms with Gasteiger partial charge in [-0.25, -0.2) is 0 Å². The lowest BCUT2D eigenvalue weighted by Gasteiger charge is -2.26. The van der Waals surface area contributed by atoms with E-state index in [1.807, 2.05) is 0 Å². The highest BCUT2D eigenvalue weighted by Gasteiger charge is 2.20. The number of hydrogen-bond acceptors (Lipinski definition) is 1. The van der Waals surface area contributed by atoms with Crippen LogP contribution in [0.1, 0.15) is 63.5 Å². The lowest BCUT2D eigenvalue weighted by atomic mass is 9.79. The van der Waals surface area contributed by atoms with Crippen LogP contribution in [0.15, 0.2) is 24.3 Å². The van der Waals surface area contributed by atoms with Crippen LogP contribution in [0, 0.1) is 5.92 Å². The molecule has 0 spiro atoms. The molecule has 1 N–H and O–H groups in total. The zero-order chi connectivity index (χ0) is 13.7. The minimum atomic E-state index is 0.609. The average Bonchev–Trinajstić information content (AvgIpc) is 2.42. The van der Waals surface area contributed by atoms with Gasteiger partial charge in [0.05, 0.1) is 0 Å². The van der Waals surface area contributed by atoms with E-state index < -0.39 is 0 Å². The van der Waals surface area contributed by atoms with E-state index in [-0.39, 0.29) is 0 Å². The number of hydrogen-bond donors (Lipinski definition) is 1. The molecule has 0 aromatic heterocycles. The van der Waals surface area contributed by atoms with Crippen LogP contribution in [0.5, 0.6) is 0 Å². The maximum absolute atomic E-state index is 3.55. The zero-order valence-corrected chi connectivity index (χ0v) is 12.8. The van der Waals surface area contributed by atoms with Crippen LogP contribution in [-0.4, -0.2) is 12.6 Å². The number of aryl methyl sites for hydroxylation is 1. The van der Waals surface area contributed by atoms with Crippen LogP contribution >= 0.6 is 0 Å². The van der Waals surface area contributed by atoms with Crippen molar-refractivity contribution < 1.29 is 0 Å². The van der Waals surface area contributed by atoms with Gasteiger partial charge in [-0.3, -0.25) is 0 Å². The van der Waals surface area contributed by atoms with Crippen LogP contribution in [0.3, 0.4) is 0 Å². The molecule has 2 rings (SSSR count). The summed E-state index contributed by atoms with van der Waals surface area (Å²) in [6.07, 6.45) is 6.76. The molecule has 2 unspecified atom stereocenters. The van der Waals surface area contributed by atoms with Gasteiger partial charge in [0.2, 0.25) is 0 Å². The van der Waals surface area contributed by atoms with Gasteiger partial charge in [0.1, 0.15) is 0 Å². The Morgan fingerprint density at radius 1 is 1.21 bits per heavy atom. The third kappa shape index (κ3) is 4.35. The van der Waals surface area contributed by atoms with Crippen molar-refractivity contribution in [3.63, 3.8) is 0 Å². The van der Waals surface area contributed by atoms with Gasteiger partial charge >= 0.3 is 0 Å². The molecule has 1 aliphatic rings. The van der Waals surface area contributed by atoms with Crippen molar-refractivity contribution >= 4 is 0 Å². The summed E-state index contributed by atoms with van der Waals surface area (Å²) in [5.74, 6) is 1.60. The average molecular weight is 259 g/mol. The molecule has 2 atom stereocenters. The summed E-state index contributed by atoms with van der Waals surface area (Å²) >= 11 is 0. The molecular formula is C18H29N. The van der Waals surface area contributed by atoms with Crippen molar-refractivity contribution in [1.29, 1.82) is 0 Å². The molecule has 0 bridgehead atoms. The largest absolute Gasteiger partial charge is 0.314 e. The SMILES string of the molecule is CC(CCC1CCCc2ccccc21)CNC(C)C. The second kappa shape index (κ2) is 7.09. The Balaban J connectivity index is 1.84. The van der Waals surface area contributed by atoms with Crippen LogP contribution in [0.2, 0.25) is 0 Å². The van der Waals surface area contributed by atoms with E-state index in [0.29, 0.717) is 6.04 Å². The van der Waals surface area contributed by atoms with E-state index in [9.17, 15) is 0 Å². The van der Waals surface area contributed by atoms with E-state index in [1.165, 1.54) is 32.1 Å². The predicted molar refractivity (Wildman–Crippen MR) is 83.7 cm³/mol. The number of benzene rings is 1. The van der Waals surface area contributed by atoms with Crippen LogP contribution in [-0.2, 0) is 6.42 Å². The van der Waals surface area contributed by atoms with Crippen LogP contribution in [0.4, 0.5) is 0 Å². The normalized spacial score (nSPS) is 20.3. The molecule has 1 aliphatic carbocycles. The van der Waals surface area contributed by atoms with Crippen molar-refractivity contribution in [3.05, 3.63) is 35.4 Å². The summed E-state index contributed by atoms with van der Waals surface area (Å²) in [4.78, 5) is 0. The zero-order valence-electron chi connectivity index (χ0n) is 12.8. The van der Waals surface area contributed by atoms with Gasteiger partial charge in [-0.15, -0.1) is 0 Å². The van der Waals surface area contributed by atoms with E-state index in [2.05, 4.69) is 50.4 Å². The van der Waals surface area contributed by atoms with E-state index >= 15 is 0 Å². The minimum Gasteiger partial charge on any atom is -0.314 e. The quantitative estimate of drug-likeness (QED) is 0.792. The molecule has 0 aliphatic heterocycles. The Bertz CT molecular complexity index is 383. The second-order valence-electron chi connectivity index (χ2n) is 6.53. The number of rotatable bonds is 6. The maximum Gasteiger partial charge on any atom is 0.00104 e. The lowest BCUT2D eigenvalue weighted by molar-refractivity contribution is 0.407. The first-order valence-electron chi connectivity index (χ1n) is 7.98. The van der Waals surface area contributed by atoms with Gasteiger partial charge in [-0.1, -0.05) is 45.0 Å². The van der Waals surface area contributed by atoms with Gasteiger partial charge in [0, 0.05) is 6.04 Å². The first-order valence-corrected chi connectivity index (χ1v) is 7.98. The molecule has 0 fully saturated rings. The highest BCUT2D eigenvalue weighted by atomic mass is 14.9. The van der Waals surface area contributed by atoms with Crippen LogP contribution < -0.4 is 5.32 Å². The number of nitrogens with one attached hydrogen (secondary N) is 1. The summed E-state index contributed by atoms with van der Waals surface area (Å²) in [6, 6.07) is 9.69.